The van der Waals surface area contributed by atoms with Gasteiger partial charge in [-0.2, -0.15) is 0 Å². The Morgan fingerprint density at radius 2 is 1.34 bits per heavy atom. The summed E-state index contributed by atoms with van der Waals surface area (Å²) in [6, 6.07) is 33.6. The van der Waals surface area contributed by atoms with Gasteiger partial charge in [0.1, 0.15) is 22.7 Å². The maximum Gasteiger partial charge on any atom is 0.408 e. The Kier molecular flexibility index (Phi) is 14.8. The Balaban J connectivity index is 1.49. The van der Waals surface area contributed by atoms with Gasteiger partial charge in [0.15, 0.2) is 0 Å². The summed E-state index contributed by atoms with van der Waals surface area (Å²) in [5, 5.41) is 13.3. The number of carbonyl (C=O) groups excluding carboxylic acids is 1. The molecule has 0 radical (unpaired) electrons. The zero-order chi connectivity index (χ0) is 37.5. The highest BCUT2D eigenvalue weighted by atomic mass is 35.5. The largest absolute Gasteiger partial charge is 0.497 e. The second-order valence-corrected chi connectivity index (χ2v) is 14.0. The van der Waals surface area contributed by atoms with E-state index in [4.69, 9.17) is 47.3 Å². The normalized spacial score (nSPS) is 15.3. The molecule has 280 valence electrons. The number of nitrogens with one attached hydrogen (secondary N) is 1. The highest BCUT2D eigenvalue weighted by Gasteiger charge is 2.44. The van der Waals surface area contributed by atoms with Crippen molar-refractivity contribution in [3.63, 3.8) is 0 Å². The van der Waals surface area contributed by atoms with Crippen molar-refractivity contribution in [3.05, 3.63) is 154 Å². The molecule has 4 aromatic carbocycles. The van der Waals surface area contributed by atoms with Gasteiger partial charge >= 0.3 is 6.09 Å². The fourth-order valence-electron chi connectivity index (χ4n) is 7.02. The molecule has 4 aromatic rings. The molecule has 9 heteroatoms. The van der Waals surface area contributed by atoms with Crippen LogP contribution in [0.15, 0.2) is 126 Å². The highest BCUT2D eigenvalue weighted by Crippen LogP contribution is 2.45. The standard InChI is InChI=1S/C44H49Cl2NO6/c1-50-40-25-17-36(18-26-40)44(35-11-6-5-7-12-35,37-19-27-41(51-2)28-20-37)52-32-10-29-43(33-13-21-38(45)22-14-33,34-15-23-39(46)24-16-34)53-42(49)47-30-8-3-4-9-31-48/h5-7,11-15,17-28,34,48H,3-4,8-10,16,29-32H2,1-2H3,(H,47,49). The Morgan fingerprint density at radius 3 is 1.91 bits per heavy atom. The number of aliphatic hydroxyl groups is 1. The summed E-state index contributed by atoms with van der Waals surface area (Å²) < 4.78 is 24.8. The molecule has 1 amide bonds. The van der Waals surface area contributed by atoms with Crippen molar-refractivity contribution in [2.75, 3.05) is 34.0 Å². The van der Waals surface area contributed by atoms with Crippen molar-refractivity contribution in [1.29, 1.82) is 0 Å². The van der Waals surface area contributed by atoms with Gasteiger partial charge in [0, 0.05) is 35.7 Å². The number of benzene rings is 4. The average molecular weight is 759 g/mol. The molecule has 0 saturated heterocycles. The Hall–Kier alpha value is -4.27. The Labute approximate surface area is 323 Å². The Morgan fingerprint density at radius 1 is 0.755 bits per heavy atom. The number of alkyl carbamates (subject to hydrolysis) is 1. The number of halogens is 2. The third-order valence-electron chi connectivity index (χ3n) is 9.80. The van der Waals surface area contributed by atoms with Gasteiger partial charge in [0.2, 0.25) is 0 Å². The molecule has 0 aliphatic heterocycles. The number of aliphatic hydroxyl groups excluding tert-OH is 1. The lowest BCUT2D eigenvalue weighted by Crippen LogP contribution is -2.43. The summed E-state index contributed by atoms with van der Waals surface area (Å²) in [7, 11) is 3.30. The van der Waals surface area contributed by atoms with Crippen LogP contribution in [-0.4, -0.2) is 45.2 Å². The molecule has 2 unspecified atom stereocenters. The lowest BCUT2D eigenvalue weighted by Gasteiger charge is -2.41. The number of unbranched alkanes of at least 4 members (excludes halogenated alkanes) is 3. The molecule has 7 nitrogen and oxygen atoms in total. The van der Waals surface area contributed by atoms with Crippen LogP contribution in [0.4, 0.5) is 4.79 Å². The number of ether oxygens (including phenoxy) is 4. The van der Waals surface area contributed by atoms with Crippen molar-refractivity contribution in [2.24, 2.45) is 5.92 Å². The van der Waals surface area contributed by atoms with Crippen LogP contribution in [0.1, 0.15) is 67.2 Å². The molecule has 0 aromatic heterocycles. The van der Waals surface area contributed by atoms with E-state index >= 15 is 0 Å². The van der Waals surface area contributed by atoms with Crippen LogP contribution in [0.2, 0.25) is 5.02 Å². The van der Waals surface area contributed by atoms with Crippen LogP contribution in [-0.2, 0) is 20.7 Å². The molecular formula is C44H49Cl2NO6. The van der Waals surface area contributed by atoms with E-state index in [2.05, 4.69) is 17.4 Å². The molecule has 0 spiro atoms. The Bertz CT molecular complexity index is 1730. The SMILES string of the molecule is COc1ccc(C(OCCCC(OC(=O)NCCCCCCO)(c2ccc(Cl)cc2)C2C=CC(Cl)=CC2)(c2ccccc2)c2ccc(OC)cc2)cc1. The second kappa shape index (κ2) is 19.7. The van der Waals surface area contributed by atoms with E-state index in [1.807, 2.05) is 109 Å². The van der Waals surface area contributed by atoms with Gasteiger partial charge < -0.3 is 29.4 Å². The zero-order valence-corrected chi connectivity index (χ0v) is 32.0. The minimum Gasteiger partial charge on any atom is -0.497 e. The lowest BCUT2D eigenvalue weighted by atomic mass is 9.74. The smallest absolute Gasteiger partial charge is 0.408 e. The maximum absolute atomic E-state index is 13.6. The molecule has 0 saturated carbocycles. The van der Waals surface area contributed by atoms with E-state index in [1.165, 1.54) is 0 Å². The first-order valence-electron chi connectivity index (χ1n) is 18.2. The number of carbonyl (C=O) groups is 1. The van der Waals surface area contributed by atoms with Gasteiger partial charge in [-0.3, -0.25) is 0 Å². The number of rotatable bonds is 19. The third-order valence-corrected chi connectivity index (χ3v) is 10.3. The summed E-state index contributed by atoms with van der Waals surface area (Å²) in [4.78, 5) is 13.6. The van der Waals surface area contributed by atoms with Crippen molar-refractivity contribution >= 4 is 29.3 Å². The van der Waals surface area contributed by atoms with Gasteiger partial charge in [-0.25, -0.2) is 4.79 Å². The molecule has 53 heavy (non-hydrogen) atoms. The summed E-state index contributed by atoms with van der Waals surface area (Å²) >= 11 is 12.8. The first-order valence-corrected chi connectivity index (χ1v) is 19.0. The van der Waals surface area contributed by atoms with E-state index in [0.29, 0.717) is 42.5 Å². The van der Waals surface area contributed by atoms with Crippen molar-refractivity contribution in [3.8, 4) is 11.5 Å². The molecule has 2 N–H and O–H groups in total. The topological polar surface area (TPSA) is 86.3 Å². The monoisotopic (exact) mass is 757 g/mol. The van der Waals surface area contributed by atoms with Crippen LogP contribution in [0, 0.1) is 5.92 Å². The number of amides is 1. The van der Waals surface area contributed by atoms with Crippen LogP contribution < -0.4 is 14.8 Å². The minimum atomic E-state index is -1.06. The van der Waals surface area contributed by atoms with Gasteiger partial charge in [-0.15, -0.1) is 0 Å². The van der Waals surface area contributed by atoms with E-state index < -0.39 is 17.3 Å². The first kappa shape index (κ1) is 39.9. The van der Waals surface area contributed by atoms with E-state index in [0.717, 1.165) is 59.4 Å². The van der Waals surface area contributed by atoms with Gasteiger partial charge in [-0.1, -0.05) is 115 Å². The van der Waals surface area contributed by atoms with Crippen molar-refractivity contribution in [2.45, 2.75) is 56.1 Å². The van der Waals surface area contributed by atoms with E-state index in [-0.39, 0.29) is 12.5 Å². The maximum atomic E-state index is 13.6. The molecular weight excluding hydrogens is 709 g/mol. The minimum absolute atomic E-state index is 0.169. The fraction of sp³-hybridized carbons (Fsp3) is 0.341. The third kappa shape index (κ3) is 10.0. The van der Waals surface area contributed by atoms with Gasteiger partial charge in [-0.05, 0) is 96.8 Å². The van der Waals surface area contributed by atoms with Gasteiger partial charge in [0.05, 0.1) is 14.2 Å². The van der Waals surface area contributed by atoms with E-state index in [1.54, 1.807) is 14.2 Å². The molecule has 0 heterocycles. The predicted octanol–water partition coefficient (Wildman–Crippen LogP) is 10.3. The molecule has 5 rings (SSSR count). The number of hydrogen-bond donors (Lipinski definition) is 2. The highest BCUT2D eigenvalue weighted by molar-refractivity contribution is 6.31. The molecule has 1 aliphatic carbocycles. The first-order chi connectivity index (χ1) is 25.8. The summed E-state index contributed by atoms with van der Waals surface area (Å²) in [6.07, 6.45) is 10.3. The van der Waals surface area contributed by atoms with Crippen LogP contribution >= 0.6 is 23.2 Å². The molecule has 0 fully saturated rings. The van der Waals surface area contributed by atoms with Crippen molar-refractivity contribution in [1.82, 2.24) is 5.32 Å². The van der Waals surface area contributed by atoms with E-state index in [9.17, 15) is 4.79 Å². The van der Waals surface area contributed by atoms with Crippen LogP contribution in [0.5, 0.6) is 11.5 Å². The quantitative estimate of drug-likeness (QED) is 0.0732. The number of allylic oxidation sites excluding steroid dienone is 3. The fourth-order valence-corrected chi connectivity index (χ4v) is 7.31. The van der Waals surface area contributed by atoms with Crippen LogP contribution in [0.3, 0.4) is 0 Å². The average Bonchev–Trinajstić information content (AvgIpc) is 3.20. The summed E-state index contributed by atoms with van der Waals surface area (Å²) in [5.41, 5.74) is 1.61. The molecule has 0 bridgehead atoms. The summed E-state index contributed by atoms with van der Waals surface area (Å²) in [5.74, 6) is 1.28. The molecule has 2 atom stereocenters. The number of hydrogen-bond acceptors (Lipinski definition) is 6. The second-order valence-electron chi connectivity index (χ2n) is 13.1. The van der Waals surface area contributed by atoms with Crippen molar-refractivity contribution < 1.29 is 28.8 Å². The van der Waals surface area contributed by atoms with Gasteiger partial charge in [0.25, 0.3) is 0 Å². The predicted molar refractivity (Wildman–Crippen MR) is 212 cm³/mol. The lowest BCUT2D eigenvalue weighted by molar-refractivity contribution is -0.0471. The molecule has 1 aliphatic rings. The van der Waals surface area contributed by atoms with Crippen LogP contribution in [0.25, 0.3) is 0 Å². The number of methoxy groups -OCH3 is 2. The summed E-state index contributed by atoms with van der Waals surface area (Å²) in [6.45, 7) is 0.966. The zero-order valence-electron chi connectivity index (χ0n) is 30.4.